The number of carbonyl (C=O) groups is 2. The van der Waals surface area contributed by atoms with Crippen LogP contribution in [0.5, 0.6) is 0 Å². The van der Waals surface area contributed by atoms with E-state index in [0.29, 0.717) is 13.0 Å². The molecule has 0 fully saturated rings. The van der Waals surface area contributed by atoms with E-state index in [9.17, 15) is 14.7 Å². The van der Waals surface area contributed by atoms with Crippen LogP contribution in [0.3, 0.4) is 0 Å². The van der Waals surface area contributed by atoms with Gasteiger partial charge in [0.1, 0.15) is 0 Å². The molecule has 0 aromatic heterocycles. The van der Waals surface area contributed by atoms with E-state index in [4.69, 9.17) is 9.47 Å². The van der Waals surface area contributed by atoms with Crippen LogP contribution in [0.1, 0.15) is 40.0 Å². The first kappa shape index (κ1) is 15.9. The van der Waals surface area contributed by atoms with Crippen molar-refractivity contribution >= 4 is 11.9 Å². The number of aliphatic carboxylic acids is 1. The molecule has 0 aromatic carbocycles. The molecule has 100 valence electrons. The summed E-state index contributed by atoms with van der Waals surface area (Å²) in [5, 5.41) is 9.29. The number of hydrogen-bond acceptors (Lipinski definition) is 4. The third-order valence-corrected chi connectivity index (χ3v) is 2.63. The van der Waals surface area contributed by atoms with Gasteiger partial charge in [0.05, 0.1) is 6.61 Å². The highest BCUT2D eigenvalue weighted by molar-refractivity contribution is 5.99. The largest absolute Gasteiger partial charge is 0.480 e. The van der Waals surface area contributed by atoms with Crippen LogP contribution in [-0.4, -0.2) is 36.9 Å². The normalized spacial score (nSPS) is 14.1. The fraction of sp³-hybridized carbons (Fsp3) is 0.833. The topological polar surface area (TPSA) is 72.8 Å². The van der Waals surface area contributed by atoms with E-state index in [0.717, 1.165) is 0 Å². The van der Waals surface area contributed by atoms with Crippen molar-refractivity contribution in [2.75, 3.05) is 19.8 Å². The third kappa shape index (κ3) is 4.34. The van der Waals surface area contributed by atoms with Gasteiger partial charge in [-0.15, -0.1) is 0 Å². The Morgan fingerprint density at radius 3 is 2.18 bits per heavy atom. The highest BCUT2D eigenvalue weighted by Gasteiger charge is 2.46. The van der Waals surface area contributed by atoms with Crippen molar-refractivity contribution in [2.24, 2.45) is 5.41 Å². The van der Waals surface area contributed by atoms with E-state index in [-0.39, 0.29) is 26.1 Å². The Kier molecular flexibility index (Phi) is 7.54. The molecule has 1 atom stereocenters. The Balaban J connectivity index is 4.84. The number of carbonyl (C=O) groups excluding carboxylic acids is 1. The molecule has 0 saturated heterocycles. The monoisotopic (exact) mass is 246 g/mol. The first-order valence-corrected chi connectivity index (χ1v) is 6.03. The zero-order valence-electron chi connectivity index (χ0n) is 10.8. The minimum Gasteiger partial charge on any atom is -0.480 e. The van der Waals surface area contributed by atoms with Crippen LogP contribution in [0, 0.1) is 5.41 Å². The first-order valence-electron chi connectivity index (χ1n) is 6.03. The molecule has 5 nitrogen and oxygen atoms in total. The molecule has 17 heavy (non-hydrogen) atoms. The lowest BCUT2D eigenvalue weighted by Crippen LogP contribution is -2.41. The van der Waals surface area contributed by atoms with E-state index in [1.165, 1.54) is 0 Å². The molecular formula is C12H22O5. The second-order valence-electron chi connectivity index (χ2n) is 3.80. The predicted octanol–water partition coefficient (Wildman–Crippen LogP) is 1.85. The Labute approximate surface area is 102 Å². The zero-order valence-corrected chi connectivity index (χ0v) is 10.8. The zero-order chi connectivity index (χ0) is 13.3. The molecule has 0 heterocycles. The lowest BCUT2D eigenvalue weighted by Gasteiger charge is -2.26. The average Bonchev–Trinajstić information content (AvgIpc) is 2.28. The SMILES string of the molecule is CCCC(CCOCC)(C(=O)O)C(=O)OCC. The molecule has 0 aliphatic rings. The van der Waals surface area contributed by atoms with Gasteiger partial charge in [0.2, 0.25) is 0 Å². The fourth-order valence-electron chi connectivity index (χ4n) is 1.72. The van der Waals surface area contributed by atoms with E-state index in [2.05, 4.69) is 0 Å². The molecule has 5 heteroatoms. The molecule has 0 amide bonds. The van der Waals surface area contributed by atoms with Crippen molar-refractivity contribution in [3.63, 3.8) is 0 Å². The second-order valence-corrected chi connectivity index (χ2v) is 3.80. The molecular weight excluding hydrogens is 224 g/mol. The second kappa shape index (κ2) is 8.06. The highest BCUT2D eigenvalue weighted by Crippen LogP contribution is 2.30. The lowest BCUT2D eigenvalue weighted by molar-refractivity contribution is -0.171. The summed E-state index contributed by atoms with van der Waals surface area (Å²) in [6.07, 6.45) is 1.04. The Hall–Kier alpha value is -1.10. The molecule has 0 aromatic rings. The summed E-state index contributed by atoms with van der Waals surface area (Å²) in [6, 6.07) is 0. The van der Waals surface area contributed by atoms with Crippen molar-refractivity contribution in [3.8, 4) is 0 Å². The molecule has 0 rings (SSSR count). The Bertz CT molecular complexity index is 251. The molecule has 0 spiro atoms. The van der Waals surface area contributed by atoms with Crippen molar-refractivity contribution in [3.05, 3.63) is 0 Å². The minimum absolute atomic E-state index is 0.156. The van der Waals surface area contributed by atoms with Gasteiger partial charge in [0, 0.05) is 13.2 Å². The van der Waals surface area contributed by atoms with Crippen molar-refractivity contribution in [1.29, 1.82) is 0 Å². The van der Waals surface area contributed by atoms with Crippen LogP contribution in [0.25, 0.3) is 0 Å². The summed E-state index contributed by atoms with van der Waals surface area (Å²) in [5.74, 6) is -1.79. The van der Waals surface area contributed by atoms with Crippen LogP contribution in [0.2, 0.25) is 0 Å². The number of carboxylic acids is 1. The summed E-state index contributed by atoms with van der Waals surface area (Å²) in [7, 11) is 0. The smallest absolute Gasteiger partial charge is 0.323 e. The average molecular weight is 246 g/mol. The number of ether oxygens (including phenoxy) is 2. The van der Waals surface area contributed by atoms with Crippen molar-refractivity contribution in [2.45, 2.75) is 40.0 Å². The van der Waals surface area contributed by atoms with E-state index in [1.807, 2.05) is 13.8 Å². The quantitative estimate of drug-likeness (QED) is 0.382. The number of hydrogen-bond donors (Lipinski definition) is 1. The third-order valence-electron chi connectivity index (χ3n) is 2.63. The number of esters is 1. The molecule has 0 saturated carbocycles. The van der Waals surface area contributed by atoms with Gasteiger partial charge in [-0.25, -0.2) is 0 Å². The summed E-state index contributed by atoms with van der Waals surface area (Å²) < 4.78 is 10.0. The highest BCUT2D eigenvalue weighted by atomic mass is 16.5. The van der Waals surface area contributed by atoms with Gasteiger partial charge in [-0.05, 0) is 26.7 Å². The van der Waals surface area contributed by atoms with Crippen molar-refractivity contribution in [1.82, 2.24) is 0 Å². The molecule has 0 aliphatic heterocycles. The van der Waals surface area contributed by atoms with Gasteiger partial charge in [-0.3, -0.25) is 9.59 Å². The van der Waals surface area contributed by atoms with Crippen LogP contribution in [0.15, 0.2) is 0 Å². The summed E-state index contributed by atoms with van der Waals surface area (Å²) >= 11 is 0. The van der Waals surface area contributed by atoms with E-state index < -0.39 is 17.4 Å². The maximum absolute atomic E-state index is 11.8. The summed E-state index contributed by atoms with van der Waals surface area (Å²) in [5.41, 5.74) is -1.46. The predicted molar refractivity (Wildman–Crippen MR) is 62.7 cm³/mol. The van der Waals surface area contributed by atoms with Crippen molar-refractivity contribution < 1.29 is 24.2 Å². The van der Waals surface area contributed by atoms with Crippen LogP contribution >= 0.6 is 0 Å². The van der Waals surface area contributed by atoms with E-state index >= 15 is 0 Å². The number of carboxylic acid groups (broad SMARTS) is 1. The maximum atomic E-state index is 11.8. The van der Waals surface area contributed by atoms with Crippen LogP contribution in [-0.2, 0) is 19.1 Å². The summed E-state index contributed by atoms with van der Waals surface area (Å²) in [6.45, 7) is 6.28. The van der Waals surface area contributed by atoms with Gasteiger partial charge >= 0.3 is 11.9 Å². The Morgan fingerprint density at radius 1 is 1.12 bits per heavy atom. The van der Waals surface area contributed by atoms with Gasteiger partial charge in [-0.1, -0.05) is 13.3 Å². The van der Waals surface area contributed by atoms with Crippen LogP contribution < -0.4 is 0 Å². The maximum Gasteiger partial charge on any atom is 0.323 e. The fourth-order valence-corrected chi connectivity index (χ4v) is 1.72. The Morgan fingerprint density at radius 2 is 1.76 bits per heavy atom. The van der Waals surface area contributed by atoms with Gasteiger partial charge in [0.15, 0.2) is 5.41 Å². The van der Waals surface area contributed by atoms with Crippen LogP contribution in [0.4, 0.5) is 0 Å². The van der Waals surface area contributed by atoms with Gasteiger partial charge in [-0.2, -0.15) is 0 Å². The molecule has 0 aliphatic carbocycles. The standard InChI is InChI=1S/C12H22O5/c1-4-7-12(10(13)14,8-9-16-5-2)11(15)17-6-3/h4-9H2,1-3H3,(H,13,14). The molecule has 1 unspecified atom stereocenters. The van der Waals surface area contributed by atoms with E-state index in [1.54, 1.807) is 6.92 Å². The molecule has 0 bridgehead atoms. The summed E-state index contributed by atoms with van der Waals surface area (Å²) in [4.78, 5) is 23.2. The van der Waals surface area contributed by atoms with Gasteiger partial charge < -0.3 is 14.6 Å². The molecule has 0 radical (unpaired) electrons. The number of rotatable bonds is 9. The molecule has 1 N–H and O–H groups in total. The minimum atomic E-state index is -1.46. The lowest BCUT2D eigenvalue weighted by atomic mass is 9.80. The first-order chi connectivity index (χ1) is 8.05. The van der Waals surface area contributed by atoms with Gasteiger partial charge in [0.25, 0.3) is 0 Å².